The third-order valence-corrected chi connectivity index (χ3v) is 8.90. The molecule has 0 radical (unpaired) electrons. The summed E-state index contributed by atoms with van der Waals surface area (Å²) in [5, 5.41) is 27.0. The molecule has 8 nitrogen and oxygen atoms in total. The number of halogens is 3. The van der Waals surface area contributed by atoms with Gasteiger partial charge in [-0.25, -0.2) is 19.9 Å². The van der Waals surface area contributed by atoms with Crippen LogP contribution in [0.3, 0.4) is 0 Å². The molecule has 1 aliphatic rings. The lowest BCUT2D eigenvalue weighted by Crippen LogP contribution is -2.44. The van der Waals surface area contributed by atoms with E-state index in [0.717, 1.165) is 22.7 Å². The van der Waals surface area contributed by atoms with Crippen LogP contribution in [0.1, 0.15) is 43.8 Å². The first-order valence-electron chi connectivity index (χ1n) is 12.0. The van der Waals surface area contributed by atoms with E-state index >= 15 is 0 Å². The number of nitrogens with one attached hydrogen (secondary N) is 1. The van der Waals surface area contributed by atoms with E-state index < -0.39 is 34.8 Å². The highest BCUT2D eigenvalue weighted by Gasteiger charge is 2.49. The van der Waals surface area contributed by atoms with Gasteiger partial charge in [0.15, 0.2) is 0 Å². The standard InChI is InChI=1S/C26H24F3N5O3S2/c1-24(2)13-25(37,5-3-17(24)21(35)36)22-32-12-18(39-22)14-9-15(20-30-7-8-38-20)11-16(10-14)33-23-31-6-4-19(34-23)26(27,28)29/h4,6-12,17,37H,3,5,13H2,1-2H3,(H,35,36)(H,31,33,34). The molecular formula is C26H24F3N5O3S2. The average molecular weight is 576 g/mol. The highest BCUT2D eigenvalue weighted by atomic mass is 32.1. The molecule has 3 N–H and O–H groups in total. The summed E-state index contributed by atoms with van der Waals surface area (Å²) in [5.41, 5.74) is -1.06. The van der Waals surface area contributed by atoms with Gasteiger partial charge in [0.05, 0.1) is 10.8 Å². The Bertz CT molecular complexity index is 1510. The topological polar surface area (TPSA) is 121 Å². The number of thiazole rings is 2. The number of hydrogen-bond acceptors (Lipinski definition) is 9. The molecule has 0 amide bonds. The molecule has 5 rings (SSSR count). The van der Waals surface area contributed by atoms with Gasteiger partial charge < -0.3 is 15.5 Å². The van der Waals surface area contributed by atoms with Crippen molar-refractivity contribution >= 4 is 40.3 Å². The Morgan fingerprint density at radius 1 is 1.13 bits per heavy atom. The third kappa shape index (κ3) is 5.65. The molecule has 1 aromatic carbocycles. The minimum atomic E-state index is -4.61. The van der Waals surface area contributed by atoms with Crippen LogP contribution in [0.15, 0.2) is 48.2 Å². The predicted octanol–water partition coefficient (Wildman–Crippen LogP) is 6.58. The molecule has 3 aromatic heterocycles. The molecular weight excluding hydrogens is 551 g/mol. The number of rotatable bonds is 6. The fourth-order valence-electron chi connectivity index (χ4n) is 5.04. The molecule has 0 aliphatic heterocycles. The van der Waals surface area contributed by atoms with Crippen molar-refractivity contribution in [1.29, 1.82) is 0 Å². The lowest BCUT2D eigenvalue weighted by atomic mass is 9.63. The molecule has 2 unspecified atom stereocenters. The van der Waals surface area contributed by atoms with Crippen molar-refractivity contribution in [1.82, 2.24) is 19.9 Å². The van der Waals surface area contributed by atoms with Crippen LogP contribution in [0.2, 0.25) is 0 Å². The minimum Gasteiger partial charge on any atom is -0.481 e. The van der Waals surface area contributed by atoms with Gasteiger partial charge in [-0.15, -0.1) is 22.7 Å². The van der Waals surface area contributed by atoms with Gasteiger partial charge in [-0.3, -0.25) is 4.79 Å². The SMILES string of the molecule is CC1(C)CC(O)(c2ncc(-c3cc(Nc4nccc(C(F)(F)F)n4)cc(-c4nccs4)c3)s2)CCC1C(=O)O. The minimum absolute atomic E-state index is 0.205. The van der Waals surface area contributed by atoms with Gasteiger partial charge in [-0.05, 0) is 54.5 Å². The van der Waals surface area contributed by atoms with E-state index in [1.807, 2.05) is 25.3 Å². The fraction of sp³-hybridized carbons (Fsp3) is 0.346. The second kappa shape index (κ2) is 9.96. The molecule has 0 saturated heterocycles. The van der Waals surface area contributed by atoms with E-state index in [9.17, 15) is 28.2 Å². The van der Waals surface area contributed by atoms with Crippen molar-refractivity contribution < 1.29 is 28.2 Å². The van der Waals surface area contributed by atoms with E-state index in [1.54, 1.807) is 24.5 Å². The summed E-state index contributed by atoms with van der Waals surface area (Å²) in [6.45, 7) is 3.69. The molecule has 2 atom stereocenters. The first-order valence-corrected chi connectivity index (χ1v) is 13.7. The third-order valence-electron chi connectivity index (χ3n) is 6.84. The van der Waals surface area contributed by atoms with Gasteiger partial charge in [-0.1, -0.05) is 13.8 Å². The molecule has 4 aromatic rings. The number of carboxylic acid groups (broad SMARTS) is 1. The number of hydrogen-bond donors (Lipinski definition) is 3. The maximum atomic E-state index is 13.2. The van der Waals surface area contributed by atoms with Gasteiger partial charge in [0.2, 0.25) is 5.95 Å². The molecule has 13 heteroatoms. The van der Waals surface area contributed by atoms with E-state index in [0.29, 0.717) is 27.7 Å². The van der Waals surface area contributed by atoms with Gasteiger partial charge in [0.25, 0.3) is 0 Å². The van der Waals surface area contributed by atoms with Crippen LogP contribution >= 0.6 is 22.7 Å². The van der Waals surface area contributed by atoms with Crippen molar-refractivity contribution in [3.63, 3.8) is 0 Å². The summed E-state index contributed by atoms with van der Waals surface area (Å²) in [7, 11) is 0. The number of alkyl halides is 3. The molecule has 1 aliphatic carbocycles. The molecule has 204 valence electrons. The predicted molar refractivity (Wildman–Crippen MR) is 142 cm³/mol. The molecule has 3 heterocycles. The van der Waals surface area contributed by atoms with Crippen molar-refractivity contribution in [3.05, 3.63) is 58.9 Å². The van der Waals surface area contributed by atoms with Gasteiger partial charge in [0, 0.05) is 35.2 Å². The molecule has 0 spiro atoms. The number of aliphatic hydroxyl groups is 1. The molecule has 39 heavy (non-hydrogen) atoms. The molecule has 0 bridgehead atoms. The van der Waals surface area contributed by atoms with Gasteiger partial charge >= 0.3 is 12.1 Å². The summed E-state index contributed by atoms with van der Waals surface area (Å²) in [6.07, 6.45) is 0.594. The second-order valence-electron chi connectivity index (χ2n) is 10.2. The Labute approximate surface area is 229 Å². The quantitative estimate of drug-likeness (QED) is 0.236. The van der Waals surface area contributed by atoms with E-state index in [2.05, 4.69) is 25.3 Å². The van der Waals surface area contributed by atoms with E-state index in [-0.39, 0.29) is 18.8 Å². The number of benzene rings is 1. The zero-order valence-electron chi connectivity index (χ0n) is 20.9. The monoisotopic (exact) mass is 575 g/mol. The lowest BCUT2D eigenvalue weighted by Gasteiger charge is -2.44. The number of anilines is 2. The van der Waals surface area contributed by atoms with Crippen molar-refractivity contribution in [2.45, 2.75) is 44.9 Å². The van der Waals surface area contributed by atoms with Gasteiger partial charge in [-0.2, -0.15) is 13.2 Å². The van der Waals surface area contributed by atoms with Crippen LogP contribution in [-0.2, 0) is 16.6 Å². The maximum Gasteiger partial charge on any atom is 0.433 e. The zero-order valence-corrected chi connectivity index (χ0v) is 22.5. The smallest absolute Gasteiger partial charge is 0.433 e. The summed E-state index contributed by atoms with van der Waals surface area (Å²) >= 11 is 2.71. The van der Waals surface area contributed by atoms with Crippen LogP contribution in [-0.4, -0.2) is 36.1 Å². The van der Waals surface area contributed by atoms with E-state index in [4.69, 9.17) is 0 Å². The number of aliphatic carboxylic acids is 1. The van der Waals surface area contributed by atoms with Crippen molar-refractivity contribution in [3.8, 4) is 21.0 Å². The summed E-state index contributed by atoms with van der Waals surface area (Å²) in [4.78, 5) is 28.8. The Morgan fingerprint density at radius 3 is 2.56 bits per heavy atom. The van der Waals surface area contributed by atoms with Crippen molar-refractivity contribution in [2.24, 2.45) is 11.3 Å². The average Bonchev–Trinajstić information content (AvgIpc) is 3.56. The van der Waals surface area contributed by atoms with E-state index in [1.165, 1.54) is 22.7 Å². The summed E-state index contributed by atoms with van der Waals surface area (Å²) in [5.74, 6) is -1.63. The number of carbonyl (C=O) groups is 1. The lowest BCUT2D eigenvalue weighted by molar-refractivity contribution is -0.154. The van der Waals surface area contributed by atoms with Crippen LogP contribution in [0.4, 0.5) is 24.8 Å². The highest BCUT2D eigenvalue weighted by Crippen LogP contribution is 2.51. The number of aromatic nitrogens is 4. The van der Waals surface area contributed by atoms with Crippen LogP contribution in [0, 0.1) is 11.3 Å². The Balaban J connectivity index is 1.49. The maximum absolute atomic E-state index is 13.2. The van der Waals surface area contributed by atoms with Crippen LogP contribution < -0.4 is 5.32 Å². The first-order chi connectivity index (χ1) is 18.3. The van der Waals surface area contributed by atoms with Gasteiger partial charge in [0.1, 0.15) is 21.3 Å². The van der Waals surface area contributed by atoms with Crippen LogP contribution in [0.5, 0.6) is 0 Å². The summed E-state index contributed by atoms with van der Waals surface area (Å²) < 4.78 is 39.5. The highest BCUT2D eigenvalue weighted by molar-refractivity contribution is 7.15. The number of carboxylic acids is 1. The normalized spacial score (nSPS) is 21.0. The molecule has 1 fully saturated rings. The first kappa shape index (κ1) is 27.2. The number of nitrogens with zero attached hydrogens (tertiary/aromatic N) is 4. The largest absolute Gasteiger partial charge is 0.481 e. The summed E-state index contributed by atoms with van der Waals surface area (Å²) in [6, 6.07) is 6.19. The van der Waals surface area contributed by atoms with Crippen LogP contribution in [0.25, 0.3) is 21.0 Å². The zero-order chi connectivity index (χ0) is 28.0. The molecule has 1 saturated carbocycles. The second-order valence-corrected chi connectivity index (χ2v) is 12.1. The Morgan fingerprint density at radius 2 is 1.90 bits per heavy atom. The Kier molecular flexibility index (Phi) is 6.93. The van der Waals surface area contributed by atoms with Crippen molar-refractivity contribution in [2.75, 3.05) is 5.32 Å². The fourth-order valence-corrected chi connectivity index (χ4v) is 6.68. The Hall–Kier alpha value is -3.42.